The molecule has 1 unspecified atom stereocenters. The van der Waals surface area contributed by atoms with E-state index >= 15 is 0 Å². The highest BCUT2D eigenvalue weighted by Gasteiger charge is 2.25. The van der Waals surface area contributed by atoms with E-state index in [2.05, 4.69) is 16.0 Å². The van der Waals surface area contributed by atoms with Gasteiger partial charge in [0.1, 0.15) is 5.82 Å². The van der Waals surface area contributed by atoms with Crippen molar-refractivity contribution < 1.29 is 14.0 Å². The highest BCUT2D eigenvalue weighted by atomic mass is 19.1. The molecule has 6 heteroatoms. The molecular formula is C14H18FN3O2. The van der Waals surface area contributed by atoms with Crippen LogP contribution in [0.4, 0.5) is 10.1 Å². The Kier molecular flexibility index (Phi) is 4.68. The molecule has 0 radical (unpaired) electrons. The number of anilines is 1. The second-order valence-electron chi connectivity index (χ2n) is 4.91. The molecule has 1 atom stereocenters. The first-order valence-corrected chi connectivity index (χ1v) is 6.64. The largest absolute Gasteiger partial charge is 0.352 e. The van der Waals surface area contributed by atoms with Crippen molar-refractivity contribution in [3.05, 3.63) is 30.1 Å². The molecule has 0 aliphatic heterocycles. The Bertz CT molecular complexity index is 503. The van der Waals surface area contributed by atoms with E-state index in [0.29, 0.717) is 6.04 Å². The van der Waals surface area contributed by atoms with Crippen molar-refractivity contribution in [1.82, 2.24) is 10.6 Å². The van der Waals surface area contributed by atoms with Crippen LogP contribution < -0.4 is 16.0 Å². The molecule has 0 spiro atoms. The number of benzene rings is 1. The van der Waals surface area contributed by atoms with Gasteiger partial charge in [-0.25, -0.2) is 4.39 Å². The van der Waals surface area contributed by atoms with Crippen molar-refractivity contribution in [2.24, 2.45) is 0 Å². The SMILES string of the molecule is CC(NCC(=O)Nc1ccccc1F)C(=O)NC1CC1. The van der Waals surface area contributed by atoms with Gasteiger partial charge in [0.2, 0.25) is 11.8 Å². The van der Waals surface area contributed by atoms with Crippen LogP contribution in [-0.2, 0) is 9.59 Å². The lowest BCUT2D eigenvalue weighted by molar-refractivity contribution is -0.123. The van der Waals surface area contributed by atoms with Crippen LogP contribution in [-0.4, -0.2) is 30.4 Å². The average molecular weight is 279 g/mol. The second-order valence-corrected chi connectivity index (χ2v) is 4.91. The summed E-state index contributed by atoms with van der Waals surface area (Å²) in [5, 5.41) is 8.10. The quantitative estimate of drug-likeness (QED) is 0.728. The van der Waals surface area contributed by atoms with Gasteiger partial charge >= 0.3 is 0 Å². The van der Waals surface area contributed by atoms with E-state index in [1.807, 2.05) is 0 Å². The van der Waals surface area contributed by atoms with E-state index in [9.17, 15) is 14.0 Å². The van der Waals surface area contributed by atoms with Crippen LogP contribution in [0.5, 0.6) is 0 Å². The Balaban J connectivity index is 1.74. The molecule has 3 N–H and O–H groups in total. The molecular weight excluding hydrogens is 261 g/mol. The molecule has 2 amide bonds. The fraction of sp³-hybridized carbons (Fsp3) is 0.429. The molecule has 0 heterocycles. The Morgan fingerprint density at radius 1 is 1.35 bits per heavy atom. The van der Waals surface area contributed by atoms with E-state index in [0.717, 1.165) is 12.8 Å². The molecule has 2 rings (SSSR count). The molecule has 108 valence electrons. The predicted molar refractivity (Wildman–Crippen MR) is 73.7 cm³/mol. The lowest BCUT2D eigenvalue weighted by atomic mass is 10.3. The molecule has 1 aromatic rings. The van der Waals surface area contributed by atoms with Gasteiger partial charge in [-0.3, -0.25) is 14.9 Å². The highest BCUT2D eigenvalue weighted by molar-refractivity contribution is 5.93. The van der Waals surface area contributed by atoms with Gasteiger partial charge in [-0.1, -0.05) is 12.1 Å². The predicted octanol–water partition coefficient (Wildman–Crippen LogP) is 1.02. The molecule has 1 aliphatic carbocycles. The smallest absolute Gasteiger partial charge is 0.238 e. The minimum absolute atomic E-state index is 0.0480. The normalized spacial score (nSPS) is 15.5. The summed E-state index contributed by atoms with van der Waals surface area (Å²) in [6.45, 7) is 1.64. The molecule has 1 aliphatic rings. The Morgan fingerprint density at radius 3 is 2.70 bits per heavy atom. The second kappa shape index (κ2) is 6.47. The zero-order valence-corrected chi connectivity index (χ0v) is 11.3. The molecule has 20 heavy (non-hydrogen) atoms. The van der Waals surface area contributed by atoms with Gasteiger partial charge in [0.15, 0.2) is 0 Å². The number of carbonyl (C=O) groups excluding carboxylic acids is 2. The summed E-state index contributed by atoms with van der Waals surface area (Å²) >= 11 is 0. The zero-order chi connectivity index (χ0) is 14.5. The topological polar surface area (TPSA) is 70.2 Å². The number of carbonyl (C=O) groups is 2. The standard InChI is InChI=1S/C14H18FN3O2/c1-9(14(20)17-10-6-7-10)16-8-13(19)18-12-5-3-2-4-11(12)15/h2-5,9-10,16H,6-8H2,1H3,(H,17,20)(H,18,19). The summed E-state index contributed by atoms with van der Waals surface area (Å²) in [6.07, 6.45) is 2.04. The maximum absolute atomic E-state index is 13.3. The summed E-state index contributed by atoms with van der Waals surface area (Å²) in [5.41, 5.74) is 0.134. The van der Waals surface area contributed by atoms with E-state index in [4.69, 9.17) is 0 Å². The fourth-order valence-electron chi connectivity index (χ4n) is 1.65. The van der Waals surface area contributed by atoms with Crippen molar-refractivity contribution >= 4 is 17.5 Å². The lowest BCUT2D eigenvalue weighted by Crippen LogP contribution is -2.45. The van der Waals surface area contributed by atoms with Crippen LogP contribution in [0.15, 0.2) is 24.3 Å². The Hall–Kier alpha value is -1.95. The number of para-hydroxylation sites is 1. The summed E-state index contributed by atoms with van der Waals surface area (Å²) in [6, 6.07) is 5.78. The third-order valence-electron chi connectivity index (χ3n) is 3.03. The Labute approximate surface area is 116 Å². The average Bonchev–Trinajstić information content (AvgIpc) is 3.22. The zero-order valence-electron chi connectivity index (χ0n) is 11.3. The number of rotatable bonds is 6. The number of nitrogens with one attached hydrogen (secondary N) is 3. The fourth-order valence-corrected chi connectivity index (χ4v) is 1.65. The summed E-state index contributed by atoms with van der Waals surface area (Å²) in [4.78, 5) is 23.3. The van der Waals surface area contributed by atoms with Gasteiger partial charge in [-0.2, -0.15) is 0 Å². The van der Waals surface area contributed by atoms with Crippen LogP contribution in [0.25, 0.3) is 0 Å². The summed E-state index contributed by atoms with van der Waals surface area (Å²) in [5.74, 6) is -0.993. The van der Waals surface area contributed by atoms with E-state index in [1.54, 1.807) is 19.1 Å². The van der Waals surface area contributed by atoms with Gasteiger partial charge in [0.05, 0.1) is 18.3 Å². The van der Waals surface area contributed by atoms with Crippen molar-refractivity contribution in [2.45, 2.75) is 31.8 Å². The first-order chi connectivity index (χ1) is 9.56. The summed E-state index contributed by atoms with van der Waals surface area (Å²) < 4.78 is 13.3. The minimum Gasteiger partial charge on any atom is -0.352 e. The van der Waals surface area contributed by atoms with Gasteiger partial charge in [0, 0.05) is 6.04 Å². The third-order valence-corrected chi connectivity index (χ3v) is 3.03. The number of hydrogen-bond acceptors (Lipinski definition) is 3. The van der Waals surface area contributed by atoms with Crippen LogP contribution in [0.2, 0.25) is 0 Å². The maximum Gasteiger partial charge on any atom is 0.238 e. The molecule has 5 nitrogen and oxygen atoms in total. The summed E-state index contributed by atoms with van der Waals surface area (Å²) in [7, 11) is 0. The van der Waals surface area contributed by atoms with Gasteiger partial charge in [0.25, 0.3) is 0 Å². The first kappa shape index (κ1) is 14.5. The molecule has 0 aromatic heterocycles. The maximum atomic E-state index is 13.3. The monoisotopic (exact) mass is 279 g/mol. The molecule has 1 saturated carbocycles. The van der Waals surface area contributed by atoms with Crippen LogP contribution in [0, 0.1) is 5.82 Å². The highest BCUT2D eigenvalue weighted by Crippen LogP contribution is 2.18. The minimum atomic E-state index is -0.486. The van der Waals surface area contributed by atoms with Crippen molar-refractivity contribution in [3.8, 4) is 0 Å². The van der Waals surface area contributed by atoms with Crippen molar-refractivity contribution in [1.29, 1.82) is 0 Å². The van der Waals surface area contributed by atoms with E-state index < -0.39 is 11.9 Å². The van der Waals surface area contributed by atoms with Crippen LogP contribution in [0.3, 0.4) is 0 Å². The van der Waals surface area contributed by atoms with Crippen LogP contribution in [0.1, 0.15) is 19.8 Å². The molecule has 0 saturated heterocycles. The van der Waals surface area contributed by atoms with E-state index in [-0.39, 0.29) is 24.0 Å². The lowest BCUT2D eigenvalue weighted by Gasteiger charge is -2.13. The Morgan fingerprint density at radius 2 is 2.05 bits per heavy atom. The number of hydrogen-bond donors (Lipinski definition) is 3. The molecule has 1 fully saturated rings. The van der Waals surface area contributed by atoms with Gasteiger partial charge in [-0.05, 0) is 31.9 Å². The van der Waals surface area contributed by atoms with Crippen LogP contribution >= 0.6 is 0 Å². The van der Waals surface area contributed by atoms with Gasteiger partial charge < -0.3 is 10.6 Å². The third kappa shape index (κ3) is 4.31. The molecule has 1 aromatic carbocycles. The van der Waals surface area contributed by atoms with Crippen molar-refractivity contribution in [2.75, 3.05) is 11.9 Å². The number of halogens is 1. The van der Waals surface area contributed by atoms with E-state index in [1.165, 1.54) is 12.1 Å². The van der Waals surface area contributed by atoms with Gasteiger partial charge in [-0.15, -0.1) is 0 Å². The van der Waals surface area contributed by atoms with Crippen molar-refractivity contribution in [3.63, 3.8) is 0 Å². The first-order valence-electron chi connectivity index (χ1n) is 6.64. The number of amides is 2. The molecule has 0 bridgehead atoms.